The molecule has 0 spiro atoms. The molecule has 0 fully saturated rings. The third-order valence-corrected chi connectivity index (χ3v) is 3.02. The Kier molecular flexibility index (Phi) is 3.36. The average molecular weight is 257 g/mol. The highest BCUT2D eigenvalue weighted by molar-refractivity contribution is 7.15. The predicted molar refractivity (Wildman–Crippen MR) is 61.3 cm³/mol. The summed E-state index contributed by atoms with van der Waals surface area (Å²) in [6.45, 7) is 0.127. The molecule has 2 rings (SSSR count). The molecule has 0 aliphatic rings. The Balaban J connectivity index is 2.35. The van der Waals surface area contributed by atoms with E-state index in [0.717, 1.165) is 0 Å². The number of hydrogen-bond donors (Lipinski definition) is 1. The van der Waals surface area contributed by atoms with Crippen LogP contribution in [0.15, 0.2) is 11.6 Å². The second-order valence-corrected chi connectivity index (χ2v) is 4.38. The SMILES string of the molecule is COCC(O)Cc1nc2sccn2c1[N+](=O)[O-]. The Morgan fingerprint density at radius 1 is 1.76 bits per heavy atom. The van der Waals surface area contributed by atoms with Crippen LogP contribution in [0.5, 0.6) is 0 Å². The van der Waals surface area contributed by atoms with Gasteiger partial charge < -0.3 is 20.0 Å². The number of rotatable bonds is 5. The maximum atomic E-state index is 11.0. The third-order valence-electron chi connectivity index (χ3n) is 2.27. The minimum atomic E-state index is -0.789. The Morgan fingerprint density at radius 2 is 2.53 bits per heavy atom. The van der Waals surface area contributed by atoms with Crippen molar-refractivity contribution < 1.29 is 14.8 Å². The predicted octanol–water partition coefficient (Wildman–Crippen LogP) is 0.854. The summed E-state index contributed by atoms with van der Waals surface area (Å²) in [7, 11) is 1.46. The highest BCUT2D eigenvalue weighted by atomic mass is 32.1. The van der Waals surface area contributed by atoms with E-state index in [1.165, 1.54) is 22.8 Å². The minimum Gasteiger partial charge on any atom is -0.390 e. The molecule has 2 aromatic rings. The van der Waals surface area contributed by atoms with Gasteiger partial charge in [0.05, 0.1) is 12.7 Å². The standard InChI is InChI=1S/C9H11N3O4S/c1-16-5-6(13)4-7-8(12(14)15)11-2-3-17-9(11)10-7/h2-3,6,13H,4-5H2,1H3. The van der Waals surface area contributed by atoms with Crippen molar-refractivity contribution in [2.24, 2.45) is 0 Å². The Bertz CT molecular complexity index is 535. The van der Waals surface area contributed by atoms with Crippen LogP contribution in [0, 0.1) is 10.1 Å². The van der Waals surface area contributed by atoms with Gasteiger partial charge in [-0.15, -0.1) is 0 Å². The lowest BCUT2D eigenvalue weighted by Gasteiger charge is -2.06. The van der Waals surface area contributed by atoms with Gasteiger partial charge in [-0.2, -0.15) is 9.38 Å². The summed E-state index contributed by atoms with van der Waals surface area (Å²) < 4.78 is 6.20. The first-order valence-corrected chi connectivity index (χ1v) is 5.77. The van der Waals surface area contributed by atoms with Crippen LogP contribution in [-0.2, 0) is 11.2 Å². The molecule has 92 valence electrons. The van der Waals surface area contributed by atoms with Crippen LogP contribution >= 0.6 is 11.3 Å². The molecule has 0 bridgehead atoms. The molecule has 0 aromatic carbocycles. The fourth-order valence-corrected chi connectivity index (χ4v) is 2.35. The number of aliphatic hydroxyl groups is 1. The summed E-state index contributed by atoms with van der Waals surface area (Å²) >= 11 is 1.31. The maximum absolute atomic E-state index is 11.0. The van der Waals surface area contributed by atoms with Crippen LogP contribution in [0.2, 0.25) is 0 Å². The van der Waals surface area contributed by atoms with Crippen molar-refractivity contribution in [3.05, 3.63) is 27.4 Å². The molecule has 8 heteroatoms. The molecule has 0 saturated heterocycles. The number of nitrogens with zero attached hydrogens (tertiary/aromatic N) is 3. The highest BCUT2D eigenvalue weighted by Crippen LogP contribution is 2.24. The molecule has 0 saturated carbocycles. The number of methoxy groups -OCH3 is 1. The summed E-state index contributed by atoms with van der Waals surface area (Å²) in [6, 6.07) is 0. The van der Waals surface area contributed by atoms with E-state index < -0.39 is 11.0 Å². The summed E-state index contributed by atoms with van der Waals surface area (Å²) in [5.41, 5.74) is 0.284. The van der Waals surface area contributed by atoms with E-state index in [0.29, 0.717) is 4.96 Å². The summed E-state index contributed by atoms with van der Waals surface area (Å²) in [4.78, 5) is 15.2. The molecule has 1 N–H and O–H groups in total. The molecular weight excluding hydrogens is 246 g/mol. The van der Waals surface area contributed by atoms with Gasteiger partial charge in [-0.05, 0) is 4.92 Å². The molecule has 1 unspecified atom stereocenters. The van der Waals surface area contributed by atoms with E-state index in [4.69, 9.17) is 4.74 Å². The van der Waals surface area contributed by atoms with Crippen LogP contribution in [0.3, 0.4) is 0 Å². The molecule has 2 aromatic heterocycles. The zero-order chi connectivity index (χ0) is 12.4. The van der Waals surface area contributed by atoms with Crippen molar-refractivity contribution in [2.45, 2.75) is 12.5 Å². The van der Waals surface area contributed by atoms with Crippen molar-refractivity contribution in [3.63, 3.8) is 0 Å². The van der Waals surface area contributed by atoms with Gasteiger partial charge in [0, 0.05) is 18.9 Å². The fourth-order valence-electron chi connectivity index (χ4n) is 1.62. The van der Waals surface area contributed by atoms with Crippen LogP contribution < -0.4 is 0 Å². The number of hydrogen-bond acceptors (Lipinski definition) is 6. The van der Waals surface area contributed by atoms with Crippen molar-refractivity contribution in [1.82, 2.24) is 9.38 Å². The van der Waals surface area contributed by atoms with Gasteiger partial charge in [-0.3, -0.25) is 0 Å². The van der Waals surface area contributed by atoms with Crippen LogP contribution in [0.1, 0.15) is 5.69 Å². The van der Waals surface area contributed by atoms with Gasteiger partial charge in [0.1, 0.15) is 11.9 Å². The minimum absolute atomic E-state index is 0.0867. The Hall–Kier alpha value is -1.51. The normalized spacial score (nSPS) is 13.1. The first-order chi connectivity index (χ1) is 8.13. The summed E-state index contributed by atoms with van der Waals surface area (Å²) in [5.74, 6) is -0.0867. The molecule has 7 nitrogen and oxygen atoms in total. The number of aliphatic hydroxyl groups excluding tert-OH is 1. The number of imidazole rings is 1. The van der Waals surface area contributed by atoms with E-state index in [2.05, 4.69) is 4.98 Å². The van der Waals surface area contributed by atoms with Gasteiger partial charge in [0.25, 0.3) is 4.96 Å². The Labute approximate surface area is 100 Å². The lowest BCUT2D eigenvalue weighted by molar-refractivity contribution is -0.391. The molecule has 0 aliphatic heterocycles. The lowest BCUT2D eigenvalue weighted by Crippen LogP contribution is -2.17. The number of aromatic nitrogens is 2. The smallest absolute Gasteiger partial charge is 0.351 e. The summed E-state index contributed by atoms with van der Waals surface area (Å²) in [6.07, 6.45) is 0.916. The number of thiazole rings is 1. The van der Waals surface area contributed by atoms with E-state index in [-0.39, 0.29) is 24.5 Å². The first kappa shape index (κ1) is 12.0. The van der Waals surface area contributed by atoms with Gasteiger partial charge in [0.15, 0.2) is 0 Å². The second-order valence-electron chi connectivity index (χ2n) is 3.51. The number of fused-ring (bicyclic) bond motifs is 1. The lowest BCUT2D eigenvalue weighted by atomic mass is 10.2. The van der Waals surface area contributed by atoms with Crippen molar-refractivity contribution in [2.75, 3.05) is 13.7 Å². The molecule has 0 amide bonds. The average Bonchev–Trinajstić information content (AvgIpc) is 2.76. The van der Waals surface area contributed by atoms with Crippen molar-refractivity contribution in [1.29, 1.82) is 0 Å². The quantitative estimate of drug-likeness (QED) is 0.633. The van der Waals surface area contributed by atoms with Crippen LogP contribution in [0.4, 0.5) is 5.82 Å². The molecule has 2 heterocycles. The topological polar surface area (TPSA) is 89.9 Å². The van der Waals surface area contributed by atoms with Gasteiger partial charge >= 0.3 is 5.82 Å². The van der Waals surface area contributed by atoms with Crippen LogP contribution in [0.25, 0.3) is 4.96 Å². The highest BCUT2D eigenvalue weighted by Gasteiger charge is 2.25. The largest absolute Gasteiger partial charge is 0.390 e. The van der Waals surface area contributed by atoms with Crippen molar-refractivity contribution in [3.8, 4) is 0 Å². The fraction of sp³-hybridized carbons (Fsp3) is 0.444. The second kappa shape index (κ2) is 4.78. The van der Waals surface area contributed by atoms with Crippen molar-refractivity contribution >= 4 is 22.1 Å². The first-order valence-electron chi connectivity index (χ1n) is 4.89. The number of ether oxygens (including phenoxy) is 1. The van der Waals surface area contributed by atoms with E-state index in [1.807, 2.05) is 0 Å². The Morgan fingerprint density at radius 3 is 3.18 bits per heavy atom. The zero-order valence-electron chi connectivity index (χ0n) is 9.07. The molecular formula is C9H11N3O4S. The van der Waals surface area contributed by atoms with Gasteiger partial charge in [-0.25, -0.2) is 0 Å². The van der Waals surface area contributed by atoms with E-state index >= 15 is 0 Å². The third kappa shape index (κ3) is 2.28. The molecule has 0 radical (unpaired) electrons. The molecule has 17 heavy (non-hydrogen) atoms. The van der Waals surface area contributed by atoms with Gasteiger partial charge in [0.2, 0.25) is 0 Å². The van der Waals surface area contributed by atoms with Gasteiger partial charge in [-0.1, -0.05) is 11.3 Å². The van der Waals surface area contributed by atoms with Crippen LogP contribution in [-0.4, -0.2) is 39.2 Å². The maximum Gasteiger partial charge on any atom is 0.351 e. The molecule has 1 atom stereocenters. The van der Waals surface area contributed by atoms with E-state index in [9.17, 15) is 15.2 Å². The zero-order valence-corrected chi connectivity index (χ0v) is 9.88. The van der Waals surface area contributed by atoms with E-state index in [1.54, 1.807) is 11.6 Å². The summed E-state index contributed by atoms with van der Waals surface area (Å²) in [5, 5.41) is 22.3. The monoisotopic (exact) mass is 257 g/mol. The number of nitro groups is 1. The molecule has 0 aliphatic carbocycles.